The molecule has 120 valence electrons. The van der Waals surface area contributed by atoms with E-state index in [9.17, 15) is 14.4 Å². The number of rotatable bonds is 5. The predicted molar refractivity (Wildman–Crippen MR) is 85.8 cm³/mol. The van der Waals surface area contributed by atoms with Crippen molar-refractivity contribution in [1.29, 1.82) is 0 Å². The van der Waals surface area contributed by atoms with Crippen LogP contribution in [-0.2, 0) is 9.53 Å². The standard InChI is InChI=1S/C16H15ClN2O4/c1-9(23-16(22)14-7-12(17)8-18-14)15(21)11-3-5-13(6-4-11)19-10(2)20/h3-9,18H,1-2H3,(H,19,20). The summed E-state index contributed by atoms with van der Waals surface area (Å²) in [5.41, 5.74) is 1.14. The van der Waals surface area contributed by atoms with E-state index in [1.807, 2.05) is 0 Å². The molecule has 0 fully saturated rings. The molecule has 0 aliphatic heterocycles. The number of halogens is 1. The highest BCUT2D eigenvalue weighted by molar-refractivity contribution is 6.30. The van der Waals surface area contributed by atoms with Gasteiger partial charge in [0.25, 0.3) is 0 Å². The van der Waals surface area contributed by atoms with Gasteiger partial charge in [-0.05, 0) is 37.3 Å². The molecule has 0 saturated carbocycles. The van der Waals surface area contributed by atoms with Crippen molar-refractivity contribution in [3.05, 3.63) is 52.8 Å². The summed E-state index contributed by atoms with van der Waals surface area (Å²) in [6.45, 7) is 2.89. The molecule has 0 radical (unpaired) electrons. The van der Waals surface area contributed by atoms with Gasteiger partial charge in [-0.1, -0.05) is 11.6 Å². The SMILES string of the molecule is CC(=O)Nc1ccc(C(=O)C(C)OC(=O)c2cc(Cl)c[nH]2)cc1. The Hall–Kier alpha value is -2.60. The zero-order valence-corrected chi connectivity index (χ0v) is 13.3. The van der Waals surface area contributed by atoms with Crippen LogP contribution in [0, 0.1) is 0 Å². The van der Waals surface area contributed by atoms with Crippen LogP contribution in [0.1, 0.15) is 34.7 Å². The van der Waals surface area contributed by atoms with Gasteiger partial charge in [0.15, 0.2) is 6.10 Å². The van der Waals surface area contributed by atoms with Gasteiger partial charge in [-0.3, -0.25) is 9.59 Å². The number of aromatic amines is 1. The highest BCUT2D eigenvalue weighted by Gasteiger charge is 2.21. The molecule has 2 rings (SSSR count). The second-order valence-electron chi connectivity index (χ2n) is 4.90. The number of aromatic nitrogens is 1. The predicted octanol–water partition coefficient (Wildman–Crippen LogP) is 3.05. The zero-order valence-electron chi connectivity index (χ0n) is 12.6. The van der Waals surface area contributed by atoms with Crippen molar-refractivity contribution in [3.63, 3.8) is 0 Å². The van der Waals surface area contributed by atoms with Crippen molar-refractivity contribution >= 4 is 34.9 Å². The highest BCUT2D eigenvalue weighted by atomic mass is 35.5. The van der Waals surface area contributed by atoms with E-state index in [0.717, 1.165) is 0 Å². The first-order valence-corrected chi connectivity index (χ1v) is 7.21. The van der Waals surface area contributed by atoms with Crippen molar-refractivity contribution in [1.82, 2.24) is 4.98 Å². The summed E-state index contributed by atoms with van der Waals surface area (Å²) < 4.78 is 5.11. The van der Waals surface area contributed by atoms with Crippen molar-refractivity contribution in [3.8, 4) is 0 Å². The van der Waals surface area contributed by atoms with E-state index in [2.05, 4.69) is 10.3 Å². The maximum atomic E-state index is 12.2. The Bertz CT molecular complexity index is 737. The molecule has 0 saturated heterocycles. The molecule has 2 aromatic rings. The Morgan fingerprint density at radius 2 is 1.87 bits per heavy atom. The van der Waals surface area contributed by atoms with Gasteiger partial charge >= 0.3 is 5.97 Å². The van der Waals surface area contributed by atoms with Gasteiger partial charge in [0.05, 0.1) is 5.02 Å². The van der Waals surface area contributed by atoms with Crippen LogP contribution >= 0.6 is 11.6 Å². The molecule has 2 N–H and O–H groups in total. The molecule has 1 amide bonds. The van der Waals surface area contributed by atoms with Crippen LogP contribution in [-0.4, -0.2) is 28.7 Å². The smallest absolute Gasteiger partial charge is 0.355 e. The lowest BCUT2D eigenvalue weighted by atomic mass is 10.1. The van der Waals surface area contributed by atoms with Gasteiger partial charge in [0.1, 0.15) is 5.69 Å². The fraction of sp³-hybridized carbons (Fsp3) is 0.188. The number of nitrogens with one attached hydrogen (secondary N) is 2. The second-order valence-corrected chi connectivity index (χ2v) is 5.34. The summed E-state index contributed by atoms with van der Waals surface area (Å²) >= 11 is 5.71. The molecule has 1 atom stereocenters. The van der Waals surface area contributed by atoms with Crippen molar-refractivity contribution < 1.29 is 19.1 Å². The van der Waals surface area contributed by atoms with Gasteiger partial charge in [-0.2, -0.15) is 0 Å². The van der Waals surface area contributed by atoms with E-state index in [0.29, 0.717) is 16.3 Å². The zero-order chi connectivity index (χ0) is 17.0. The molecular weight excluding hydrogens is 320 g/mol. The van der Waals surface area contributed by atoms with E-state index in [-0.39, 0.29) is 17.4 Å². The lowest BCUT2D eigenvalue weighted by Gasteiger charge is -2.12. The summed E-state index contributed by atoms with van der Waals surface area (Å²) in [5, 5.41) is 2.98. The third-order valence-corrected chi connectivity index (χ3v) is 3.23. The Kier molecular flexibility index (Phi) is 5.18. The van der Waals surface area contributed by atoms with E-state index >= 15 is 0 Å². The summed E-state index contributed by atoms with van der Waals surface area (Å²) in [5.74, 6) is -1.20. The van der Waals surface area contributed by atoms with Crippen LogP contribution in [0.2, 0.25) is 5.02 Å². The van der Waals surface area contributed by atoms with E-state index in [1.54, 1.807) is 24.3 Å². The number of hydrogen-bond acceptors (Lipinski definition) is 4. The average Bonchev–Trinajstić information content (AvgIpc) is 2.93. The minimum atomic E-state index is -0.948. The molecule has 0 aliphatic carbocycles. The first kappa shape index (κ1) is 16.8. The fourth-order valence-electron chi connectivity index (χ4n) is 1.92. The number of H-pyrrole nitrogens is 1. The fourth-order valence-corrected chi connectivity index (χ4v) is 2.08. The number of amides is 1. The topological polar surface area (TPSA) is 88.3 Å². The van der Waals surface area contributed by atoms with Gasteiger partial charge in [0.2, 0.25) is 11.7 Å². The lowest BCUT2D eigenvalue weighted by Crippen LogP contribution is -2.24. The molecule has 0 bridgehead atoms. The van der Waals surface area contributed by atoms with Gasteiger partial charge in [0, 0.05) is 24.4 Å². The van der Waals surface area contributed by atoms with E-state index in [1.165, 1.54) is 26.1 Å². The van der Waals surface area contributed by atoms with Gasteiger partial charge in [-0.25, -0.2) is 4.79 Å². The normalized spacial score (nSPS) is 11.6. The van der Waals surface area contributed by atoms with Gasteiger partial charge in [-0.15, -0.1) is 0 Å². The quantitative estimate of drug-likeness (QED) is 0.649. The van der Waals surface area contributed by atoms with E-state index in [4.69, 9.17) is 16.3 Å². The summed E-state index contributed by atoms with van der Waals surface area (Å²) in [4.78, 5) is 37.7. The van der Waals surface area contributed by atoms with Crippen LogP contribution in [0.15, 0.2) is 36.5 Å². The summed E-state index contributed by atoms with van der Waals surface area (Å²) in [6.07, 6.45) is 0.502. The van der Waals surface area contributed by atoms with Crippen molar-refractivity contribution in [2.45, 2.75) is 20.0 Å². The molecule has 1 aromatic heterocycles. The maximum Gasteiger partial charge on any atom is 0.355 e. The van der Waals surface area contributed by atoms with Crippen molar-refractivity contribution in [2.24, 2.45) is 0 Å². The maximum absolute atomic E-state index is 12.2. The number of carbonyl (C=O) groups is 3. The first-order valence-electron chi connectivity index (χ1n) is 6.83. The molecular formula is C16H15ClN2O4. The number of esters is 1. The average molecular weight is 335 g/mol. The molecule has 1 heterocycles. The molecule has 1 aromatic carbocycles. The van der Waals surface area contributed by atoms with Crippen LogP contribution < -0.4 is 5.32 Å². The largest absolute Gasteiger partial charge is 0.450 e. The minimum absolute atomic E-state index is 0.177. The lowest BCUT2D eigenvalue weighted by molar-refractivity contribution is -0.114. The molecule has 0 spiro atoms. The Labute approximate surface area is 137 Å². The molecule has 7 heteroatoms. The van der Waals surface area contributed by atoms with Crippen LogP contribution in [0.25, 0.3) is 0 Å². The van der Waals surface area contributed by atoms with Crippen LogP contribution in [0.5, 0.6) is 0 Å². The third-order valence-electron chi connectivity index (χ3n) is 3.01. The van der Waals surface area contributed by atoms with E-state index < -0.39 is 12.1 Å². The molecule has 1 unspecified atom stereocenters. The molecule has 0 aliphatic rings. The summed E-state index contributed by atoms with van der Waals surface area (Å²) in [6, 6.07) is 7.75. The number of carbonyl (C=O) groups excluding carboxylic acids is 3. The molecule has 6 nitrogen and oxygen atoms in total. The minimum Gasteiger partial charge on any atom is -0.450 e. The monoisotopic (exact) mass is 334 g/mol. The van der Waals surface area contributed by atoms with Gasteiger partial charge < -0.3 is 15.0 Å². The Morgan fingerprint density at radius 3 is 2.39 bits per heavy atom. The number of benzene rings is 1. The number of ether oxygens (including phenoxy) is 1. The first-order chi connectivity index (χ1) is 10.9. The number of hydrogen-bond donors (Lipinski definition) is 2. The highest BCUT2D eigenvalue weighted by Crippen LogP contribution is 2.15. The summed E-state index contributed by atoms with van der Waals surface area (Å²) in [7, 11) is 0. The number of anilines is 1. The van der Waals surface area contributed by atoms with Crippen molar-refractivity contribution in [2.75, 3.05) is 5.32 Å². The second kappa shape index (κ2) is 7.11. The Morgan fingerprint density at radius 1 is 1.22 bits per heavy atom. The van der Waals surface area contributed by atoms with Crippen LogP contribution in [0.3, 0.4) is 0 Å². The number of Topliss-reactive ketones (excluding diaryl/α,β-unsaturated/α-hetero) is 1. The number of ketones is 1. The third kappa shape index (κ3) is 4.43. The van der Waals surface area contributed by atoms with Crippen LogP contribution in [0.4, 0.5) is 5.69 Å². The Balaban J connectivity index is 2.01. The molecule has 23 heavy (non-hydrogen) atoms.